The monoisotopic (exact) mass is 255 g/mol. The Morgan fingerprint density at radius 3 is 2.39 bits per heavy atom. The highest BCUT2D eigenvalue weighted by Crippen LogP contribution is 2.31. The standard InChI is InChI=1S/C13H9F4N/c1-8-11(14)5-6-12(18-8)9-3-2-4-10(7-9)13(15,16)17/h2-7H,1H3. The number of aromatic nitrogens is 1. The van der Waals surface area contributed by atoms with Crippen LogP contribution in [0.3, 0.4) is 0 Å². The van der Waals surface area contributed by atoms with E-state index in [9.17, 15) is 17.6 Å². The van der Waals surface area contributed by atoms with E-state index in [1.807, 2.05) is 0 Å². The molecular formula is C13H9F4N. The van der Waals surface area contributed by atoms with Crippen molar-refractivity contribution in [2.75, 3.05) is 0 Å². The van der Waals surface area contributed by atoms with Crippen LogP contribution in [0.5, 0.6) is 0 Å². The van der Waals surface area contributed by atoms with Crippen molar-refractivity contribution in [3.05, 3.63) is 53.5 Å². The molecule has 0 unspecified atom stereocenters. The van der Waals surface area contributed by atoms with Crippen LogP contribution in [0.2, 0.25) is 0 Å². The summed E-state index contributed by atoms with van der Waals surface area (Å²) in [6.45, 7) is 1.46. The first-order valence-corrected chi connectivity index (χ1v) is 5.19. The minimum Gasteiger partial charge on any atom is -0.250 e. The number of alkyl halides is 3. The predicted molar refractivity (Wildman–Crippen MR) is 59.4 cm³/mol. The van der Waals surface area contributed by atoms with Gasteiger partial charge < -0.3 is 0 Å². The van der Waals surface area contributed by atoms with Gasteiger partial charge in [-0.15, -0.1) is 0 Å². The molecule has 1 nitrogen and oxygen atoms in total. The quantitative estimate of drug-likeness (QED) is 0.695. The van der Waals surface area contributed by atoms with Crippen LogP contribution in [0.1, 0.15) is 11.3 Å². The van der Waals surface area contributed by atoms with E-state index in [4.69, 9.17) is 0 Å². The summed E-state index contributed by atoms with van der Waals surface area (Å²) in [6, 6.07) is 7.35. The van der Waals surface area contributed by atoms with E-state index in [0.29, 0.717) is 11.3 Å². The van der Waals surface area contributed by atoms with Crippen LogP contribution < -0.4 is 0 Å². The highest BCUT2D eigenvalue weighted by atomic mass is 19.4. The average molecular weight is 255 g/mol. The summed E-state index contributed by atoms with van der Waals surface area (Å²) >= 11 is 0. The third-order valence-corrected chi connectivity index (χ3v) is 2.51. The number of pyridine rings is 1. The number of hydrogen-bond donors (Lipinski definition) is 0. The van der Waals surface area contributed by atoms with Crippen molar-refractivity contribution in [2.24, 2.45) is 0 Å². The third kappa shape index (κ3) is 2.50. The van der Waals surface area contributed by atoms with Gasteiger partial charge in [0.05, 0.1) is 17.0 Å². The third-order valence-electron chi connectivity index (χ3n) is 2.51. The summed E-state index contributed by atoms with van der Waals surface area (Å²) < 4.78 is 50.7. The molecule has 2 aromatic rings. The van der Waals surface area contributed by atoms with Gasteiger partial charge >= 0.3 is 6.18 Å². The van der Waals surface area contributed by atoms with Gasteiger partial charge in [0.1, 0.15) is 5.82 Å². The number of hydrogen-bond acceptors (Lipinski definition) is 1. The molecule has 1 heterocycles. The maximum atomic E-state index is 13.0. The van der Waals surface area contributed by atoms with Crippen molar-refractivity contribution in [3.8, 4) is 11.3 Å². The SMILES string of the molecule is Cc1nc(-c2cccc(C(F)(F)F)c2)ccc1F. The molecule has 0 atom stereocenters. The fraction of sp³-hybridized carbons (Fsp3) is 0.154. The zero-order valence-corrected chi connectivity index (χ0v) is 9.42. The lowest BCUT2D eigenvalue weighted by atomic mass is 10.1. The molecule has 5 heteroatoms. The molecule has 0 radical (unpaired) electrons. The van der Waals surface area contributed by atoms with Crippen molar-refractivity contribution in [1.82, 2.24) is 4.98 Å². The molecule has 0 aliphatic rings. The number of benzene rings is 1. The van der Waals surface area contributed by atoms with Crippen molar-refractivity contribution < 1.29 is 17.6 Å². The van der Waals surface area contributed by atoms with Crippen LogP contribution in [-0.4, -0.2) is 4.98 Å². The van der Waals surface area contributed by atoms with E-state index in [1.54, 1.807) is 0 Å². The minimum absolute atomic E-state index is 0.157. The number of nitrogens with zero attached hydrogens (tertiary/aromatic N) is 1. The molecule has 0 amide bonds. The second-order valence-electron chi connectivity index (χ2n) is 3.84. The first-order valence-electron chi connectivity index (χ1n) is 5.19. The Kier molecular flexibility index (Phi) is 3.07. The van der Waals surface area contributed by atoms with E-state index in [1.165, 1.54) is 31.2 Å². The molecule has 1 aromatic carbocycles. The topological polar surface area (TPSA) is 12.9 Å². The molecule has 94 valence electrons. The zero-order chi connectivity index (χ0) is 13.3. The lowest BCUT2D eigenvalue weighted by Gasteiger charge is -2.08. The molecule has 0 bridgehead atoms. The molecule has 0 saturated heterocycles. The van der Waals surface area contributed by atoms with Gasteiger partial charge in [-0.05, 0) is 31.2 Å². The van der Waals surface area contributed by atoms with Crippen LogP contribution in [0.15, 0.2) is 36.4 Å². The van der Waals surface area contributed by atoms with Crippen molar-refractivity contribution in [2.45, 2.75) is 13.1 Å². The average Bonchev–Trinajstić information content (AvgIpc) is 2.32. The van der Waals surface area contributed by atoms with Crippen LogP contribution in [0.4, 0.5) is 17.6 Å². The summed E-state index contributed by atoms with van der Waals surface area (Å²) in [5.41, 5.74) is 0.0432. The number of rotatable bonds is 1. The first kappa shape index (κ1) is 12.5. The summed E-state index contributed by atoms with van der Waals surface area (Å²) in [7, 11) is 0. The van der Waals surface area contributed by atoms with Crippen LogP contribution in [0, 0.1) is 12.7 Å². The Balaban J connectivity index is 2.48. The summed E-state index contributed by atoms with van der Waals surface area (Å²) in [5, 5.41) is 0. The first-order chi connectivity index (χ1) is 8.38. The molecule has 0 aliphatic heterocycles. The highest BCUT2D eigenvalue weighted by molar-refractivity contribution is 5.60. The Morgan fingerprint density at radius 2 is 1.78 bits per heavy atom. The predicted octanol–water partition coefficient (Wildman–Crippen LogP) is 4.21. The van der Waals surface area contributed by atoms with Gasteiger partial charge in [-0.25, -0.2) is 4.39 Å². The zero-order valence-electron chi connectivity index (χ0n) is 9.42. The summed E-state index contributed by atoms with van der Waals surface area (Å²) in [5.74, 6) is -0.481. The lowest BCUT2D eigenvalue weighted by molar-refractivity contribution is -0.137. The minimum atomic E-state index is -4.40. The second-order valence-corrected chi connectivity index (χ2v) is 3.84. The van der Waals surface area contributed by atoms with Gasteiger partial charge in [0.25, 0.3) is 0 Å². The summed E-state index contributed by atoms with van der Waals surface area (Å²) in [6.07, 6.45) is -4.40. The van der Waals surface area contributed by atoms with E-state index in [2.05, 4.69) is 4.98 Å². The second kappa shape index (κ2) is 4.40. The van der Waals surface area contributed by atoms with Gasteiger partial charge in [-0.2, -0.15) is 13.2 Å². The van der Waals surface area contributed by atoms with E-state index in [-0.39, 0.29) is 5.69 Å². The van der Waals surface area contributed by atoms with E-state index in [0.717, 1.165) is 12.1 Å². The van der Waals surface area contributed by atoms with Crippen molar-refractivity contribution in [1.29, 1.82) is 0 Å². The highest BCUT2D eigenvalue weighted by Gasteiger charge is 2.30. The molecule has 0 N–H and O–H groups in total. The number of halogens is 4. The molecule has 0 fully saturated rings. The maximum absolute atomic E-state index is 13.0. The molecule has 1 aromatic heterocycles. The van der Waals surface area contributed by atoms with Gasteiger partial charge in [0.2, 0.25) is 0 Å². The largest absolute Gasteiger partial charge is 0.416 e. The van der Waals surface area contributed by atoms with Crippen LogP contribution in [0.25, 0.3) is 11.3 Å². The molecule has 0 saturated carbocycles. The number of aryl methyl sites for hydroxylation is 1. The fourth-order valence-corrected chi connectivity index (χ4v) is 1.56. The van der Waals surface area contributed by atoms with Gasteiger partial charge in [-0.1, -0.05) is 12.1 Å². The Hall–Kier alpha value is -1.91. The Morgan fingerprint density at radius 1 is 1.06 bits per heavy atom. The van der Waals surface area contributed by atoms with Gasteiger partial charge in [0.15, 0.2) is 0 Å². The van der Waals surface area contributed by atoms with Gasteiger partial charge in [0, 0.05) is 5.56 Å². The fourth-order valence-electron chi connectivity index (χ4n) is 1.56. The Bertz CT molecular complexity index is 575. The molecule has 2 rings (SSSR count). The van der Waals surface area contributed by atoms with E-state index >= 15 is 0 Å². The molecule has 0 aliphatic carbocycles. The Labute approximate surface area is 101 Å². The van der Waals surface area contributed by atoms with Gasteiger partial charge in [-0.3, -0.25) is 4.98 Å². The smallest absolute Gasteiger partial charge is 0.250 e. The molecule has 0 spiro atoms. The van der Waals surface area contributed by atoms with Crippen LogP contribution >= 0.6 is 0 Å². The summed E-state index contributed by atoms with van der Waals surface area (Å²) in [4.78, 5) is 3.92. The van der Waals surface area contributed by atoms with Crippen LogP contribution in [-0.2, 0) is 6.18 Å². The lowest BCUT2D eigenvalue weighted by Crippen LogP contribution is -2.04. The molecule has 18 heavy (non-hydrogen) atoms. The van der Waals surface area contributed by atoms with Crippen molar-refractivity contribution in [3.63, 3.8) is 0 Å². The maximum Gasteiger partial charge on any atom is 0.416 e. The van der Waals surface area contributed by atoms with Crippen molar-refractivity contribution >= 4 is 0 Å². The normalized spacial score (nSPS) is 11.6. The molecular weight excluding hydrogens is 246 g/mol. The van der Waals surface area contributed by atoms with E-state index < -0.39 is 17.6 Å².